The van der Waals surface area contributed by atoms with E-state index in [1.165, 1.54) is 5.56 Å². The van der Waals surface area contributed by atoms with Gasteiger partial charge in [-0.3, -0.25) is 14.1 Å². The average molecular weight is 379 g/mol. The van der Waals surface area contributed by atoms with Crippen molar-refractivity contribution in [3.63, 3.8) is 0 Å². The van der Waals surface area contributed by atoms with E-state index in [1.54, 1.807) is 11.3 Å². The predicted octanol–water partition coefficient (Wildman–Crippen LogP) is 2.54. The third-order valence-electron chi connectivity index (χ3n) is 4.91. The molecule has 0 N–H and O–H groups in total. The van der Waals surface area contributed by atoms with Gasteiger partial charge in [-0.2, -0.15) is 5.26 Å². The van der Waals surface area contributed by atoms with Crippen LogP contribution in [-0.2, 0) is 17.8 Å². The number of hydrogen-bond donors (Lipinski definition) is 0. The van der Waals surface area contributed by atoms with Crippen LogP contribution in [0.5, 0.6) is 0 Å². The van der Waals surface area contributed by atoms with Gasteiger partial charge in [0.25, 0.3) is 0 Å². The summed E-state index contributed by atoms with van der Waals surface area (Å²) in [5, 5.41) is 10.9. The van der Waals surface area contributed by atoms with E-state index in [0.717, 1.165) is 49.8 Å². The molecule has 0 atom stereocenters. The lowest BCUT2D eigenvalue weighted by atomic mass is 10.1. The Morgan fingerprint density at radius 2 is 2.04 bits per heavy atom. The summed E-state index contributed by atoms with van der Waals surface area (Å²) in [5.41, 5.74) is 2.72. The number of carbonyl (C=O) groups is 1. The molecule has 1 aliphatic heterocycles. The number of nitrogens with zero attached hydrogens (tertiary/aromatic N) is 5. The van der Waals surface area contributed by atoms with Gasteiger partial charge in [-0.05, 0) is 24.1 Å². The molecule has 1 aromatic carbocycles. The Labute approximate surface area is 162 Å². The number of imidazole rings is 1. The number of rotatable bonds is 4. The second-order valence-corrected chi connectivity index (χ2v) is 7.69. The van der Waals surface area contributed by atoms with Crippen molar-refractivity contribution in [3.05, 3.63) is 58.9 Å². The minimum atomic E-state index is 0.154. The number of aromatic nitrogens is 2. The maximum Gasteiger partial charge on any atom is 0.228 e. The maximum absolute atomic E-state index is 12.7. The number of nitriles is 1. The molecule has 3 heterocycles. The zero-order valence-electron chi connectivity index (χ0n) is 15.0. The molecule has 2 aromatic heterocycles. The molecule has 0 spiro atoms. The van der Waals surface area contributed by atoms with Crippen LogP contribution in [0.15, 0.2) is 42.0 Å². The van der Waals surface area contributed by atoms with E-state index in [9.17, 15) is 4.79 Å². The topological polar surface area (TPSA) is 64.6 Å². The number of benzene rings is 1. The molecular formula is C20H21N5OS. The second kappa shape index (κ2) is 7.91. The number of hydrogen-bond acceptors (Lipinski definition) is 5. The first-order chi connectivity index (χ1) is 13.2. The smallest absolute Gasteiger partial charge is 0.228 e. The Kier molecular flexibility index (Phi) is 5.19. The molecule has 138 valence electrons. The van der Waals surface area contributed by atoms with Crippen LogP contribution in [-0.4, -0.2) is 51.3 Å². The molecule has 1 saturated heterocycles. The normalized spacial score (nSPS) is 15.6. The third kappa shape index (κ3) is 4.18. The van der Waals surface area contributed by atoms with Gasteiger partial charge in [-0.15, -0.1) is 11.3 Å². The zero-order valence-corrected chi connectivity index (χ0v) is 15.9. The highest BCUT2D eigenvalue weighted by Crippen LogP contribution is 2.14. The Bertz CT molecular complexity index is 940. The summed E-state index contributed by atoms with van der Waals surface area (Å²) >= 11 is 1.58. The van der Waals surface area contributed by atoms with E-state index >= 15 is 0 Å². The van der Waals surface area contributed by atoms with Gasteiger partial charge in [-0.25, -0.2) is 4.98 Å². The first-order valence-electron chi connectivity index (χ1n) is 9.11. The van der Waals surface area contributed by atoms with Crippen LogP contribution in [0, 0.1) is 11.3 Å². The second-order valence-electron chi connectivity index (χ2n) is 6.82. The number of fused-ring (bicyclic) bond motifs is 1. The average Bonchev–Trinajstić information content (AvgIpc) is 3.17. The molecule has 1 fully saturated rings. The first-order valence-corrected chi connectivity index (χ1v) is 9.99. The van der Waals surface area contributed by atoms with Gasteiger partial charge in [0, 0.05) is 50.5 Å². The Hall–Kier alpha value is -2.69. The van der Waals surface area contributed by atoms with Crippen molar-refractivity contribution in [2.75, 3.05) is 26.2 Å². The Balaban J connectivity index is 1.32. The molecule has 3 aromatic rings. The summed E-state index contributed by atoms with van der Waals surface area (Å²) < 4.78 is 1.97. The van der Waals surface area contributed by atoms with Gasteiger partial charge in [0.15, 0.2) is 4.96 Å². The van der Waals surface area contributed by atoms with Gasteiger partial charge < -0.3 is 4.90 Å². The van der Waals surface area contributed by atoms with Crippen molar-refractivity contribution < 1.29 is 4.79 Å². The Morgan fingerprint density at radius 1 is 1.19 bits per heavy atom. The fraction of sp³-hybridized carbons (Fsp3) is 0.350. The van der Waals surface area contributed by atoms with Crippen molar-refractivity contribution in [2.24, 2.45) is 0 Å². The van der Waals surface area contributed by atoms with Crippen LogP contribution in [0.25, 0.3) is 4.96 Å². The molecule has 0 radical (unpaired) electrons. The molecule has 0 unspecified atom stereocenters. The first kappa shape index (κ1) is 17.7. The molecule has 1 amide bonds. The molecule has 7 heteroatoms. The van der Waals surface area contributed by atoms with Gasteiger partial charge in [0.05, 0.1) is 23.7 Å². The molecule has 0 bridgehead atoms. The molecule has 4 rings (SSSR count). The maximum atomic E-state index is 12.7. The largest absolute Gasteiger partial charge is 0.341 e. The molecule has 27 heavy (non-hydrogen) atoms. The quantitative estimate of drug-likeness (QED) is 0.699. The van der Waals surface area contributed by atoms with E-state index in [2.05, 4.69) is 16.0 Å². The van der Waals surface area contributed by atoms with Crippen molar-refractivity contribution in [3.8, 4) is 6.07 Å². The van der Waals surface area contributed by atoms with Gasteiger partial charge in [0.2, 0.25) is 5.91 Å². The predicted molar refractivity (Wildman–Crippen MR) is 104 cm³/mol. The molecular weight excluding hydrogens is 358 g/mol. The minimum Gasteiger partial charge on any atom is -0.341 e. The van der Waals surface area contributed by atoms with Crippen molar-refractivity contribution in [1.82, 2.24) is 19.2 Å². The standard InChI is InChI=1S/C20H21N5OS/c21-13-16-2-4-17(5-3-16)14-23-6-1-7-24(9-8-23)19(26)12-18-15-25-10-11-27-20(25)22-18/h2-5,10-11,15H,1,6-9,12,14H2. The van der Waals surface area contributed by atoms with E-state index in [4.69, 9.17) is 5.26 Å². The van der Waals surface area contributed by atoms with E-state index in [-0.39, 0.29) is 5.91 Å². The van der Waals surface area contributed by atoms with Gasteiger partial charge in [-0.1, -0.05) is 12.1 Å². The number of amides is 1. The fourth-order valence-corrected chi connectivity index (χ4v) is 4.17. The summed E-state index contributed by atoms with van der Waals surface area (Å²) in [6.07, 6.45) is 5.25. The third-order valence-corrected chi connectivity index (χ3v) is 5.68. The lowest BCUT2D eigenvalue weighted by molar-refractivity contribution is -0.130. The summed E-state index contributed by atoms with van der Waals surface area (Å²) in [6.45, 7) is 4.24. The van der Waals surface area contributed by atoms with Crippen LogP contribution in [0.3, 0.4) is 0 Å². The van der Waals surface area contributed by atoms with Crippen molar-refractivity contribution in [1.29, 1.82) is 5.26 Å². The molecule has 0 aliphatic carbocycles. The van der Waals surface area contributed by atoms with Crippen molar-refractivity contribution >= 4 is 22.2 Å². The number of thiazole rings is 1. The molecule has 0 saturated carbocycles. The van der Waals surface area contributed by atoms with Gasteiger partial charge >= 0.3 is 0 Å². The van der Waals surface area contributed by atoms with Gasteiger partial charge in [0.1, 0.15) is 0 Å². The summed E-state index contributed by atoms with van der Waals surface area (Å²) in [5.74, 6) is 0.154. The lowest BCUT2D eigenvalue weighted by Gasteiger charge is -2.22. The Morgan fingerprint density at radius 3 is 2.81 bits per heavy atom. The zero-order chi connectivity index (χ0) is 18.6. The van der Waals surface area contributed by atoms with E-state index in [1.807, 2.05) is 51.3 Å². The van der Waals surface area contributed by atoms with Crippen LogP contribution in [0.4, 0.5) is 0 Å². The highest BCUT2D eigenvalue weighted by Gasteiger charge is 2.20. The summed E-state index contributed by atoms with van der Waals surface area (Å²) in [7, 11) is 0. The fourth-order valence-electron chi connectivity index (χ4n) is 3.45. The van der Waals surface area contributed by atoms with Crippen LogP contribution >= 0.6 is 11.3 Å². The van der Waals surface area contributed by atoms with Crippen LogP contribution in [0.1, 0.15) is 23.2 Å². The van der Waals surface area contributed by atoms with E-state index < -0.39 is 0 Å². The monoisotopic (exact) mass is 379 g/mol. The number of carbonyl (C=O) groups excluding carboxylic acids is 1. The van der Waals surface area contributed by atoms with Crippen LogP contribution in [0.2, 0.25) is 0 Å². The SMILES string of the molecule is N#Cc1ccc(CN2CCCN(C(=O)Cc3cn4ccsc4n3)CC2)cc1. The van der Waals surface area contributed by atoms with Crippen molar-refractivity contribution in [2.45, 2.75) is 19.4 Å². The highest BCUT2D eigenvalue weighted by molar-refractivity contribution is 7.15. The van der Waals surface area contributed by atoms with Crippen LogP contribution < -0.4 is 0 Å². The lowest BCUT2D eigenvalue weighted by Crippen LogP contribution is -2.36. The minimum absolute atomic E-state index is 0.154. The summed E-state index contributed by atoms with van der Waals surface area (Å²) in [4.78, 5) is 22.5. The summed E-state index contributed by atoms with van der Waals surface area (Å²) in [6, 6.07) is 9.89. The molecule has 1 aliphatic rings. The molecule has 6 nitrogen and oxygen atoms in total. The van der Waals surface area contributed by atoms with E-state index in [0.29, 0.717) is 12.0 Å². The highest BCUT2D eigenvalue weighted by atomic mass is 32.1.